The minimum atomic E-state index is 0. The van der Waals surface area contributed by atoms with Crippen LogP contribution in [-0.2, 0) is 32.7 Å². The van der Waals surface area contributed by atoms with Crippen LogP contribution < -0.4 is 0 Å². The molecule has 0 saturated carbocycles. The summed E-state index contributed by atoms with van der Waals surface area (Å²) in [6.45, 7) is 9.38. The Kier molecular flexibility index (Phi) is 26.3. The third-order valence-electron chi connectivity index (χ3n) is 0.675. The molecule has 0 amide bonds. The zero-order valence-corrected chi connectivity index (χ0v) is 10.7. The molecule has 2 heteroatoms. The van der Waals surface area contributed by atoms with E-state index < -0.39 is 0 Å². The largest absolute Gasteiger partial charge is 0.506 e. The second-order valence-electron chi connectivity index (χ2n) is 1.79. The number of nitrogens with zero attached hydrogens (tertiary/aromatic N) is 1. The van der Waals surface area contributed by atoms with Crippen LogP contribution in [0.25, 0.3) is 0 Å². The van der Waals surface area contributed by atoms with Gasteiger partial charge in [-0.25, -0.2) is 0 Å². The maximum Gasteiger partial charge on any atom is 0 e. The van der Waals surface area contributed by atoms with E-state index in [2.05, 4.69) is 17.8 Å². The molecule has 11 heavy (non-hydrogen) atoms. The Morgan fingerprint density at radius 1 is 1.55 bits per heavy atom. The maximum atomic E-state index is 3.66. The normalized spacial score (nSPS) is 8.73. The monoisotopic (exact) mass is 227 g/mol. The van der Waals surface area contributed by atoms with E-state index in [1.54, 1.807) is 14.0 Å². The molecule has 0 unspecified atom stereocenters. The van der Waals surface area contributed by atoms with Crippen LogP contribution in [0.5, 0.6) is 0 Å². The van der Waals surface area contributed by atoms with Gasteiger partial charge in [0, 0.05) is 32.7 Å². The Balaban J connectivity index is -0.000000114. The molecule has 0 saturated heterocycles. The van der Waals surface area contributed by atoms with Crippen LogP contribution in [0.3, 0.4) is 0 Å². The van der Waals surface area contributed by atoms with Gasteiger partial charge >= 0.3 is 0 Å². The Morgan fingerprint density at radius 2 is 1.91 bits per heavy atom. The minimum absolute atomic E-state index is 0. The molecule has 0 atom stereocenters. The number of allylic oxidation sites excluding steroid dienone is 3. The quantitative estimate of drug-likeness (QED) is 0.371. The van der Waals surface area contributed by atoms with Crippen LogP contribution in [-0.4, -0.2) is 13.3 Å². The molecule has 0 bridgehead atoms. The average molecular weight is 227 g/mol. The molecule has 0 aromatic heterocycles. The van der Waals surface area contributed by atoms with E-state index >= 15 is 0 Å². The first kappa shape index (κ1) is 17.4. The number of rotatable bonds is 1. The molecule has 61 valence electrons. The summed E-state index contributed by atoms with van der Waals surface area (Å²) in [5.74, 6) is 0. The number of hydrogen-bond acceptors (Lipinski definition) is 1. The fourth-order valence-electron chi connectivity index (χ4n) is 0.285. The summed E-state index contributed by atoms with van der Waals surface area (Å²) in [6, 6.07) is 0. The third kappa shape index (κ3) is 38.6. The zero-order chi connectivity index (χ0) is 8.41. The van der Waals surface area contributed by atoms with Gasteiger partial charge in [-0.05, 0) is 20.9 Å². The van der Waals surface area contributed by atoms with Crippen molar-refractivity contribution in [1.29, 1.82) is 0 Å². The van der Waals surface area contributed by atoms with E-state index in [4.69, 9.17) is 0 Å². The zero-order valence-electron chi connectivity index (χ0n) is 7.89. The standard InChI is InChI=1S/C6H10.C3H6N.Y/c1-4-5-6(2)3;1-3-4-2;/h4-5H,2H2,1,3H3;1-2H3;/q;-1;/b5-4-;;. The van der Waals surface area contributed by atoms with E-state index in [0.717, 1.165) is 5.57 Å². The van der Waals surface area contributed by atoms with Crippen LogP contribution >= 0.6 is 0 Å². The fourth-order valence-corrected chi connectivity index (χ4v) is 0.285. The molecule has 0 N–H and O–H groups in total. The van der Waals surface area contributed by atoms with Crippen molar-refractivity contribution in [3.8, 4) is 0 Å². The first-order chi connectivity index (χ1) is 4.68. The molecular weight excluding hydrogens is 211 g/mol. The summed E-state index contributed by atoms with van der Waals surface area (Å²) in [4.78, 5) is 3.49. The molecule has 0 aliphatic heterocycles. The van der Waals surface area contributed by atoms with E-state index in [0.29, 0.717) is 0 Å². The van der Waals surface area contributed by atoms with Gasteiger partial charge in [0.1, 0.15) is 0 Å². The Morgan fingerprint density at radius 3 is 1.91 bits per heavy atom. The van der Waals surface area contributed by atoms with Crippen molar-refractivity contribution in [2.24, 2.45) is 4.99 Å². The Hall–Kier alpha value is 0.254. The molecule has 0 rings (SSSR count). The van der Waals surface area contributed by atoms with Gasteiger partial charge in [-0.15, -0.1) is 0 Å². The van der Waals surface area contributed by atoms with Gasteiger partial charge in [-0.2, -0.15) is 6.92 Å². The molecular formula is C9H16NY-. The summed E-state index contributed by atoms with van der Waals surface area (Å²) in [5, 5.41) is 0. The van der Waals surface area contributed by atoms with Gasteiger partial charge in [0.25, 0.3) is 0 Å². The second kappa shape index (κ2) is 16.7. The van der Waals surface area contributed by atoms with E-state index in [1.165, 1.54) is 0 Å². The van der Waals surface area contributed by atoms with Gasteiger partial charge in [0.15, 0.2) is 0 Å². The van der Waals surface area contributed by atoms with Crippen LogP contribution in [0, 0.1) is 0 Å². The van der Waals surface area contributed by atoms with Crippen LogP contribution in [0.1, 0.15) is 20.8 Å². The van der Waals surface area contributed by atoms with Gasteiger partial charge in [-0.3, -0.25) is 0 Å². The van der Waals surface area contributed by atoms with Crippen molar-refractivity contribution in [1.82, 2.24) is 0 Å². The van der Waals surface area contributed by atoms with E-state index in [1.807, 2.05) is 26.0 Å². The summed E-state index contributed by atoms with van der Waals surface area (Å²) in [7, 11) is 1.69. The van der Waals surface area contributed by atoms with Crippen molar-refractivity contribution in [2.75, 3.05) is 7.05 Å². The van der Waals surface area contributed by atoms with Crippen LogP contribution in [0.4, 0.5) is 0 Å². The molecule has 0 heterocycles. The molecule has 0 fully saturated rings. The van der Waals surface area contributed by atoms with Crippen molar-refractivity contribution in [3.05, 3.63) is 24.3 Å². The van der Waals surface area contributed by atoms with Crippen molar-refractivity contribution in [3.63, 3.8) is 0 Å². The maximum absolute atomic E-state index is 3.66. The van der Waals surface area contributed by atoms with Crippen LogP contribution in [0.2, 0.25) is 0 Å². The Bertz CT molecular complexity index is 122. The van der Waals surface area contributed by atoms with Crippen molar-refractivity contribution in [2.45, 2.75) is 20.8 Å². The number of aliphatic imine (C=N–C) groups is 1. The third-order valence-corrected chi connectivity index (χ3v) is 0.675. The van der Waals surface area contributed by atoms with Crippen molar-refractivity contribution < 1.29 is 32.7 Å². The van der Waals surface area contributed by atoms with Crippen LogP contribution in [0.15, 0.2) is 29.3 Å². The smallest absolute Gasteiger partial charge is 0 e. The van der Waals surface area contributed by atoms with Crippen molar-refractivity contribution >= 4 is 6.21 Å². The predicted molar refractivity (Wildman–Crippen MR) is 48.7 cm³/mol. The Labute approximate surface area is 95.6 Å². The molecule has 0 aromatic rings. The molecule has 0 aliphatic rings. The second-order valence-corrected chi connectivity index (χ2v) is 1.79. The average Bonchev–Trinajstić information content (AvgIpc) is 1.89. The summed E-state index contributed by atoms with van der Waals surface area (Å²) in [6.07, 6.45) is 6.50. The minimum Gasteiger partial charge on any atom is -0.506 e. The molecule has 0 aromatic carbocycles. The molecule has 0 aliphatic carbocycles. The van der Waals surface area contributed by atoms with Gasteiger partial charge in [0.05, 0.1) is 0 Å². The van der Waals surface area contributed by atoms with Gasteiger partial charge < -0.3 is 11.2 Å². The first-order valence-electron chi connectivity index (χ1n) is 3.22. The first-order valence-corrected chi connectivity index (χ1v) is 3.22. The predicted octanol–water partition coefficient (Wildman–Crippen LogP) is 2.72. The molecule has 0 spiro atoms. The SMILES string of the molecule is C=C(C)/C=C\C.C[C-]=NC.[Y]. The summed E-state index contributed by atoms with van der Waals surface area (Å²) < 4.78 is 0. The molecule has 1 nitrogen and oxygen atoms in total. The fraction of sp³-hybridized carbons (Fsp3) is 0.444. The van der Waals surface area contributed by atoms with Gasteiger partial charge in [-0.1, -0.05) is 24.3 Å². The van der Waals surface area contributed by atoms with E-state index in [9.17, 15) is 0 Å². The summed E-state index contributed by atoms with van der Waals surface area (Å²) in [5.41, 5.74) is 1.11. The topological polar surface area (TPSA) is 12.4 Å². The van der Waals surface area contributed by atoms with Gasteiger partial charge in [0.2, 0.25) is 0 Å². The van der Waals surface area contributed by atoms with E-state index in [-0.39, 0.29) is 32.7 Å². The summed E-state index contributed by atoms with van der Waals surface area (Å²) >= 11 is 0. The molecule has 1 radical (unpaired) electrons. The number of hydrogen-bond donors (Lipinski definition) is 0.